The number of aromatic nitrogens is 3. The minimum absolute atomic E-state index is 0.0806. The summed E-state index contributed by atoms with van der Waals surface area (Å²) >= 11 is 7.15. The number of oxime groups is 1. The van der Waals surface area contributed by atoms with Gasteiger partial charge in [0.15, 0.2) is 10.9 Å². The van der Waals surface area contributed by atoms with E-state index in [1.807, 2.05) is 0 Å². The first-order chi connectivity index (χ1) is 13.2. The summed E-state index contributed by atoms with van der Waals surface area (Å²) in [6.07, 6.45) is -3.18. The normalized spacial score (nSPS) is 16.6. The summed E-state index contributed by atoms with van der Waals surface area (Å²) < 4.78 is 39.3. The van der Waals surface area contributed by atoms with Gasteiger partial charge in [-0.15, -0.1) is 11.3 Å². The summed E-state index contributed by atoms with van der Waals surface area (Å²) in [5.41, 5.74) is -0.313. The third-order valence-electron chi connectivity index (χ3n) is 4.57. The van der Waals surface area contributed by atoms with Crippen molar-refractivity contribution < 1.29 is 23.2 Å². The molecule has 28 heavy (non-hydrogen) atoms. The number of halogens is 4. The summed E-state index contributed by atoms with van der Waals surface area (Å²) in [6.45, 7) is 2.22. The van der Waals surface area contributed by atoms with Crippen molar-refractivity contribution >= 4 is 34.0 Å². The van der Waals surface area contributed by atoms with Crippen LogP contribution >= 0.6 is 22.9 Å². The number of rotatable bonds is 4. The molecule has 3 rings (SSSR count). The molecule has 152 valence electrons. The zero-order valence-electron chi connectivity index (χ0n) is 14.8. The van der Waals surface area contributed by atoms with E-state index in [2.05, 4.69) is 15.2 Å². The second-order valence-corrected chi connectivity index (χ2v) is 7.69. The Balaban J connectivity index is 1.58. The van der Waals surface area contributed by atoms with Crippen molar-refractivity contribution in [1.29, 1.82) is 0 Å². The molecule has 1 aliphatic rings. The highest BCUT2D eigenvalue weighted by molar-refractivity contribution is 7.10. The summed E-state index contributed by atoms with van der Waals surface area (Å²) in [4.78, 5) is 18.4. The van der Waals surface area contributed by atoms with Crippen LogP contribution in [-0.2, 0) is 17.5 Å². The molecule has 0 aliphatic carbocycles. The molecule has 1 aliphatic heterocycles. The SMILES string of the molecule is Cc1cc(C(F)(F)F)nn1CC(=O)N1CCC(c2nc(/C(Cl)=N/O)cs2)CC1. The number of amides is 1. The van der Waals surface area contributed by atoms with Crippen molar-refractivity contribution in [2.45, 2.75) is 38.4 Å². The van der Waals surface area contributed by atoms with E-state index < -0.39 is 11.9 Å². The maximum Gasteiger partial charge on any atom is 0.435 e. The molecule has 2 aromatic rings. The van der Waals surface area contributed by atoms with Gasteiger partial charge >= 0.3 is 6.18 Å². The molecule has 0 aromatic carbocycles. The van der Waals surface area contributed by atoms with Gasteiger partial charge < -0.3 is 10.1 Å². The second kappa shape index (κ2) is 8.08. The Morgan fingerprint density at radius 1 is 1.43 bits per heavy atom. The van der Waals surface area contributed by atoms with Crippen LogP contribution in [0.1, 0.15) is 40.8 Å². The number of hydrogen-bond donors (Lipinski definition) is 1. The van der Waals surface area contributed by atoms with E-state index in [0.29, 0.717) is 31.6 Å². The van der Waals surface area contributed by atoms with Crippen molar-refractivity contribution in [1.82, 2.24) is 19.7 Å². The van der Waals surface area contributed by atoms with Gasteiger partial charge in [0.05, 0.1) is 5.01 Å². The molecule has 0 spiro atoms. The van der Waals surface area contributed by atoms with Gasteiger partial charge in [-0.25, -0.2) is 4.98 Å². The lowest BCUT2D eigenvalue weighted by Crippen LogP contribution is -2.40. The molecule has 3 heterocycles. The van der Waals surface area contributed by atoms with Crippen LogP contribution in [0.3, 0.4) is 0 Å². The minimum atomic E-state index is -4.53. The number of aryl methyl sites for hydroxylation is 1. The molecular formula is C16H17ClF3N5O2S. The highest BCUT2D eigenvalue weighted by Gasteiger charge is 2.35. The maximum atomic E-state index is 12.7. The summed E-state index contributed by atoms with van der Waals surface area (Å²) in [6, 6.07) is 0.931. The number of nitrogens with zero attached hydrogens (tertiary/aromatic N) is 5. The predicted molar refractivity (Wildman–Crippen MR) is 96.8 cm³/mol. The van der Waals surface area contributed by atoms with Crippen LogP contribution in [0.15, 0.2) is 16.6 Å². The fourth-order valence-corrected chi connectivity index (χ4v) is 4.17. The molecule has 1 fully saturated rings. The van der Waals surface area contributed by atoms with Crippen molar-refractivity contribution in [2.75, 3.05) is 13.1 Å². The van der Waals surface area contributed by atoms with E-state index in [0.717, 1.165) is 15.8 Å². The van der Waals surface area contributed by atoms with Crippen LogP contribution in [0.25, 0.3) is 0 Å². The van der Waals surface area contributed by atoms with Gasteiger partial charge in [0, 0.05) is 30.1 Å². The predicted octanol–water partition coefficient (Wildman–Crippen LogP) is 3.45. The average Bonchev–Trinajstić information content (AvgIpc) is 3.28. The van der Waals surface area contributed by atoms with E-state index in [9.17, 15) is 18.0 Å². The number of carbonyl (C=O) groups is 1. The molecule has 0 bridgehead atoms. The lowest BCUT2D eigenvalue weighted by atomic mass is 9.97. The lowest BCUT2D eigenvalue weighted by Gasteiger charge is -2.31. The van der Waals surface area contributed by atoms with Gasteiger partial charge in [0.1, 0.15) is 12.2 Å². The Morgan fingerprint density at radius 2 is 2.11 bits per heavy atom. The van der Waals surface area contributed by atoms with Gasteiger partial charge in [-0.2, -0.15) is 18.3 Å². The molecule has 1 saturated heterocycles. The maximum absolute atomic E-state index is 12.7. The average molecular weight is 436 g/mol. The first-order valence-corrected chi connectivity index (χ1v) is 9.67. The van der Waals surface area contributed by atoms with Gasteiger partial charge in [-0.05, 0) is 25.8 Å². The van der Waals surface area contributed by atoms with E-state index in [1.165, 1.54) is 18.3 Å². The lowest BCUT2D eigenvalue weighted by molar-refractivity contribution is -0.142. The third kappa shape index (κ3) is 4.46. The zero-order chi connectivity index (χ0) is 20.5. The molecule has 2 aromatic heterocycles. The van der Waals surface area contributed by atoms with Crippen LogP contribution in [0.2, 0.25) is 0 Å². The molecule has 1 amide bonds. The largest absolute Gasteiger partial charge is 0.435 e. The topological polar surface area (TPSA) is 83.6 Å². The zero-order valence-corrected chi connectivity index (χ0v) is 16.4. The molecular weight excluding hydrogens is 419 g/mol. The highest BCUT2D eigenvalue weighted by Crippen LogP contribution is 2.31. The Hall–Kier alpha value is -2.14. The molecule has 7 nitrogen and oxygen atoms in total. The van der Waals surface area contributed by atoms with Gasteiger partial charge in [-0.3, -0.25) is 9.48 Å². The number of hydrogen-bond acceptors (Lipinski definition) is 6. The van der Waals surface area contributed by atoms with Crippen molar-refractivity contribution in [2.24, 2.45) is 5.16 Å². The number of carbonyl (C=O) groups excluding carboxylic acids is 1. The fraction of sp³-hybridized carbons (Fsp3) is 0.500. The molecule has 12 heteroatoms. The monoisotopic (exact) mass is 435 g/mol. The smallest absolute Gasteiger partial charge is 0.410 e. The Labute approximate surface area is 167 Å². The van der Waals surface area contributed by atoms with E-state index in [-0.39, 0.29) is 29.2 Å². The van der Waals surface area contributed by atoms with Crippen LogP contribution in [-0.4, -0.2) is 49.0 Å². The summed E-state index contributed by atoms with van der Waals surface area (Å²) in [5, 5.41) is 17.6. The Bertz CT molecular complexity index is 887. The van der Waals surface area contributed by atoms with E-state index >= 15 is 0 Å². The number of thiazole rings is 1. The number of likely N-dealkylation sites (tertiary alicyclic amines) is 1. The Morgan fingerprint density at radius 3 is 2.68 bits per heavy atom. The van der Waals surface area contributed by atoms with Crippen LogP contribution in [0.5, 0.6) is 0 Å². The molecule has 0 saturated carbocycles. The van der Waals surface area contributed by atoms with E-state index in [1.54, 1.807) is 10.3 Å². The number of alkyl halides is 3. The van der Waals surface area contributed by atoms with Crippen molar-refractivity contribution in [3.63, 3.8) is 0 Å². The second-order valence-electron chi connectivity index (χ2n) is 6.44. The van der Waals surface area contributed by atoms with Crippen molar-refractivity contribution in [3.05, 3.63) is 33.5 Å². The minimum Gasteiger partial charge on any atom is -0.410 e. The van der Waals surface area contributed by atoms with Crippen LogP contribution < -0.4 is 0 Å². The van der Waals surface area contributed by atoms with Crippen molar-refractivity contribution in [3.8, 4) is 0 Å². The van der Waals surface area contributed by atoms with Crippen LogP contribution in [0, 0.1) is 6.92 Å². The standard InChI is InChI=1S/C16H17ClF3N5O2S/c1-9-6-12(16(18,19)20)22-25(9)7-13(26)24-4-2-10(3-5-24)15-21-11(8-28-15)14(17)23-27/h6,8,10,27H,2-5,7H2,1H3/b23-14-. The Kier molecular flexibility index (Phi) is 5.94. The van der Waals surface area contributed by atoms with E-state index in [4.69, 9.17) is 16.8 Å². The molecule has 0 atom stereocenters. The van der Waals surface area contributed by atoms with Gasteiger partial charge in [-0.1, -0.05) is 16.8 Å². The summed E-state index contributed by atoms with van der Waals surface area (Å²) in [7, 11) is 0. The molecule has 0 radical (unpaired) electrons. The fourth-order valence-electron chi connectivity index (χ4n) is 3.03. The molecule has 1 N–H and O–H groups in total. The number of piperidine rings is 1. The quantitative estimate of drug-likeness (QED) is 0.453. The first-order valence-electron chi connectivity index (χ1n) is 8.41. The highest BCUT2D eigenvalue weighted by atomic mass is 35.5. The first kappa shape index (κ1) is 20.6. The van der Waals surface area contributed by atoms with Crippen LogP contribution in [0.4, 0.5) is 13.2 Å². The molecule has 0 unspecified atom stereocenters. The summed E-state index contributed by atoms with van der Waals surface area (Å²) in [5.74, 6) is -0.122. The van der Waals surface area contributed by atoms with Gasteiger partial charge in [0.2, 0.25) is 5.91 Å². The third-order valence-corrected chi connectivity index (χ3v) is 5.85. The van der Waals surface area contributed by atoms with Gasteiger partial charge in [0.25, 0.3) is 0 Å².